The Balaban J connectivity index is 1.61. The number of H-pyrrole nitrogens is 1. The molecule has 0 aliphatic carbocycles. The molecule has 2 aliphatic rings. The number of anilines is 1. The highest BCUT2D eigenvalue weighted by atomic mass is 32.2. The molecule has 0 bridgehead atoms. The molecule has 1 saturated heterocycles. The number of unbranched alkanes of at least 4 members (excludes halogenated alkanes) is 1. The van der Waals surface area contributed by atoms with Crippen LogP contribution < -0.4 is 4.72 Å². The monoisotopic (exact) mass is 480 g/mol. The summed E-state index contributed by atoms with van der Waals surface area (Å²) >= 11 is 0. The highest BCUT2D eigenvalue weighted by Gasteiger charge is 2.48. The number of amides is 2. The maximum atomic E-state index is 13.5. The van der Waals surface area contributed by atoms with Crippen molar-refractivity contribution in [1.29, 1.82) is 0 Å². The van der Waals surface area contributed by atoms with Crippen molar-refractivity contribution in [2.45, 2.75) is 38.3 Å². The number of aromatic nitrogens is 1. The molecule has 8 nitrogen and oxygen atoms in total. The van der Waals surface area contributed by atoms with Gasteiger partial charge in [-0.05, 0) is 35.7 Å². The zero-order chi connectivity index (χ0) is 24.0. The summed E-state index contributed by atoms with van der Waals surface area (Å²) < 4.78 is 25.7. The van der Waals surface area contributed by atoms with Gasteiger partial charge >= 0.3 is 0 Å². The van der Waals surface area contributed by atoms with Crippen molar-refractivity contribution in [2.75, 3.05) is 24.1 Å². The van der Waals surface area contributed by atoms with Crippen LogP contribution in [-0.4, -0.2) is 60.4 Å². The first kappa shape index (κ1) is 22.5. The molecule has 1 fully saturated rings. The van der Waals surface area contributed by atoms with Crippen LogP contribution in [0.4, 0.5) is 5.69 Å². The summed E-state index contributed by atoms with van der Waals surface area (Å²) in [5.41, 5.74) is 4.19. The number of aromatic amines is 1. The number of hydrogen-bond acceptors (Lipinski definition) is 4. The van der Waals surface area contributed by atoms with Gasteiger partial charge in [-0.2, -0.15) is 0 Å². The second kappa shape index (κ2) is 8.47. The van der Waals surface area contributed by atoms with Gasteiger partial charge in [-0.1, -0.05) is 43.7 Å². The van der Waals surface area contributed by atoms with Gasteiger partial charge in [-0.3, -0.25) is 14.3 Å². The SMILES string of the molecule is CCCCN1CC(=O)N2[C@@H](c3ccc(NS(C)(=O)=O)cc3)c3[nH]c4ccccc4c3C[C@H]2C1=O. The van der Waals surface area contributed by atoms with E-state index < -0.39 is 22.1 Å². The van der Waals surface area contributed by atoms with Gasteiger partial charge in [0.1, 0.15) is 6.04 Å². The maximum Gasteiger partial charge on any atom is 0.246 e. The van der Waals surface area contributed by atoms with E-state index in [2.05, 4.69) is 16.6 Å². The predicted molar refractivity (Wildman–Crippen MR) is 131 cm³/mol. The number of fused-ring (bicyclic) bond motifs is 4. The number of benzene rings is 2. The Morgan fingerprint density at radius 1 is 1.09 bits per heavy atom. The number of sulfonamides is 1. The Bertz CT molecular complexity index is 1360. The lowest BCUT2D eigenvalue weighted by molar-refractivity contribution is -0.158. The van der Waals surface area contributed by atoms with Crippen molar-refractivity contribution in [3.05, 3.63) is 65.4 Å². The zero-order valence-corrected chi connectivity index (χ0v) is 20.1. The molecule has 9 heteroatoms. The summed E-state index contributed by atoms with van der Waals surface area (Å²) in [5, 5.41) is 1.06. The van der Waals surface area contributed by atoms with Crippen LogP contribution in [0, 0.1) is 0 Å². The number of hydrogen-bond donors (Lipinski definition) is 2. The Labute approximate surface area is 199 Å². The molecule has 178 valence electrons. The number of carbonyl (C=O) groups excluding carboxylic acids is 2. The molecule has 2 aromatic carbocycles. The lowest BCUT2D eigenvalue weighted by Crippen LogP contribution is -2.63. The Hall–Kier alpha value is -3.33. The molecule has 0 spiro atoms. The van der Waals surface area contributed by atoms with Crippen molar-refractivity contribution in [1.82, 2.24) is 14.8 Å². The summed E-state index contributed by atoms with van der Waals surface area (Å²) in [7, 11) is -3.40. The highest BCUT2D eigenvalue weighted by Crippen LogP contribution is 2.42. The van der Waals surface area contributed by atoms with Gasteiger partial charge < -0.3 is 14.8 Å². The highest BCUT2D eigenvalue weighted by molar-refractivity contribution is 7.92. The predicted octanol–water partition coefficient (Wildman–Crippen LogP) is 3.02. The fourth-order valence-electron chi connectivity index (χ4n) is 5.16. The maximum absolute atomic E-state index is 13.5. The van der Waals surface area contributed by atoms with E-state index in [0.29, 0.717) is 18.7 Å². The summed E-state index contributed by atoms with van der Waals surface area (Å²) in [4.78, 5) is 33.9. The standard InChI is InChI=1S/C25H28N4O4S/c1-3-4-13-28-15-22(30)29-21(25(28)31)14-19-18-7-5-6-8-20(18)26-23(19)24(29)16-9-11-17(12-10-16)27-34(2,32)33/h5-12,21,24,26-27H,3-4,13-15H2,1-2H3/t21-,24-/m0/s1. The van der Waals surface area contributed by atoms with E-state index in [1.807, 2.05) is 36.4 Å². The van der Waals surface area contributed by atoms with Gasteiger partial charge in [0.2, 0.25) is 21.8 Å². The largest absolute Gasteiger partial charge is 0.356 e. The molecule has 3 heterocycles. The number of piperazine rings is 1. The molecule has 2 amide bonds. The van der Waals surface area contributed by atoms with Gasteiger partial charge in [0.15, 0.2) is 0 Å². The minimum Gasteiger partial charge on any atom is -0.356 e. The van der Waals surface area contributed by atoms with E-state index in [-0.39, 0.29) is 18.4 Å². The third kappa shape index (κ3) is 3.94. The average molecular weight is 481 g/mol. The van der Waals surface area contributed by atoms with Crippen LogP contribution in [0.15, 0.2) is 48.5 Å². The van der Waals surface area contributed by atoms with Crippen molar-refractivity contribution >= 4 is 38.4 Å². The number of nitrogens with one attached hydrogen (secondary N) is 2. The van der Waals surface area contributed by atoms with Crippen molar-refractivity contribution < 1.29 is 18.0 Å². The topological polar surface area (TPSA) is 103 Å². The normalized spacial score (nSPS) is 20.4. The van der Waals surface area contributed by atoms with Gasteiger partial charge in [-0.15, -0.1) is 0 Å². The Kier molecular flexibility index (Phi) is 5.59. The van der Waals surface area contributed by atoms with Gasteiger partial charge in [0.05, 0.1) is 18.8 Å². The fraction of sp³-hybridized carbons (Fsp3) is 0.360. The van der Waals surface area contributed by atoms with E-state index in [9.17, 15) is 18.0 Å². The number of rotatable bonds is 6. The quantitative estimate of drug-likeness (QED) is 0.566. The van der Waals surface area contributed by atoms with Crippen LogP contribution in [0.1, 0.15) is 42.6 Å². The van der Waals surface area contributed by atoms with E-state index >= 15 is 0 Å². The third-order valence-electron chi connectivity index (χ3n) is 6.65. The molecule has 1 aromatic heterocycles. The van der Waals surface area contributed by atoms with Gasteiger partial charge in [0.25, 0.3) is 0 Å². The van der Waals surface area contributed by atoms with E-state index in [1.54, 1.807) is 21.9 Å². The van der Waals surface area contributed by atoms with Gasteiger partial charge in [0, 0.05) is 35.2 Å². The number of carbonyl (C=O) groups is 2. The van der Waals surface area contributed by atoms with E-state index in [0.717, 1.165) is 46.8 Å². The zero-order valence-electron chi connectivity index (χ0n) is 19.2. The van der Waals surface area contributed by atoms with Crippen LogP contribution in [0.25, 0.3) is 10.9 Å². The van der Waals surface area contributed by atoms with Crippen LogP contribution >= 0.6 is 0 Å². The minimum atomic E-state index is -3.40. The van der Waals surface area contributed by atoms with Crippen LogP contribution in [0.5, 0.6) is 0 Å². The summed E-state index contributed by atoms with van der Waals surface area (Å²) in [6, 6.07) is 14.0. The summed E-state index contributed by atoms with van der Waals surface area (Å²) in [6.45, 7) is 2.73. The molecule has 34 heavy (non-hydrogen) atoms. The third-order valence-corrected chi connectivity index (χ3v) is 7.26. The van der Waals surface area contributed by atoms with Crippen LogP contribution in [0.3, 0.4) is 0 Å². The second-order valence-electron chi connectivity index (χ2n) is 9.10. The minimum absolute atomic E-state index is 0.00987. The molecule has 0 radical (unpaired) electrons. The molecule has 0 unspecified atom stereocenters. The second-order valence-corrected chi connectivity index (χ2v) is 10.8. The van der Waals surface area contributed by atoms with E-state index in [4.69, 9.17) is 0 Å². The average Bonchev–Trinajstić information content (AvgIpc) is 3.17. The molecule has 5 rings (SSSR count). The van der Waals surface area contributed by atoms with E-state index in [1.165, 1.54) is 0 Å². The number of para-hydroxylation sites is 1. The molecule has 0 saturated carbocycles. The van der Waals surface area contributed by atoms with Crippen molar-refractivity contribution in [3.63, 3.8) is 0 Å². The van der Waals surface area contributed by atoms with Gasteiger partial charge in [-0.25, -0.2) is 8.42 Å². The van der Waals surface area contributed by atoms with Crippen LogP contribution in [0.2, 0.25) is 0 Å². The first-order chi connectivity index (χ1) is 16.3. The molecule has 2 N–H and O–H groups in total. The lowest BCUT2D eigenvalue weighted by Gasteiger charge is -2.47. The molecule has 3 aromatic rings. The smallest absolute Gasteiger partial charge is 0.246 e. The molecule has 2 atom stereocenters. The summed E-state index contributed by atoms with van der Waals surface area (Å²) in [6.07, 6.45) is 3.39. The first-order valence-corrected chi connectivity index (χ1v) is 13.4. The Morgan fingerprint density at radius 2 is 1.82 bits per heavy atom. The lowest BCUT2D eigenvalue weighted by atomic mass is 9.86. The summed E-state index contributed by atoms with van der Waals surface area (Å²) in [5.74, 6) is -0.0855. The number of nitrogens with zero attached hydrogens (tertiary/aromatic N) is 2. The molecule has 2 aliphatic heterocycles. The first-order valence-electron chi connectivity index (χ1n) is 11.5. The fourth-order valence-corrected chi connectivity index (χ4v) is 5.72. The molecular weight excluding hydrogens is 452 g/mol. The van der Waals surface area contributed by atoms with Crippen molar-refractivity contribution in [2.24, 2.45) is 0 Å². The van der Waals surface area contributed by atoms with Crippen LogP contribution in [-0.2, 0) is 26.0 Å². The Morgan fingerprint density at radius 3 is 2.53 bits per heavy atom. The van der Waals surface area contributed by atoms with Crippen molar-refractivity contribution in [3.8, 4) is 0 Å². The molecular formula is C25H28N4O4S.